The number of aryl methyl sites for hydroxylation is 3. The van der Waals surface area contributed by atoms with Crippen LogP contribution in [-0.2, 0) is 33.6 Å². The lowest BCUT2D eigenvalue weighted by atomic mass is 9.97. The topological polar surface area (TPSA) is 111 Å². The zero-order valence-corrected chi connectivity index (χ0v) is 20.3. The Balaban J connectivity index is 1.10. The lowest BCUT2D eigenvalue weighted by molar-refractivity contribution is -0.152. The number of likely N-dealkylation sites (N-methyl/N-ethyl adjacent to an activating group) is 1. The number of aromatic nitrogens is 2. The van der Waals surface area contributed by atoms with Crippen molar-refractivity contribution in [3.63, 3.8) is 0 Å². The van der Waals surface area contributed by atoms with Crippen molar-refractivity contribution in [1.29, 1.82) is 0 Å². The van der Waals surface area contributed by atoms with Gasteiger partial charge in [0.1, 0.15) is 17.3 Å². The normalized spacial score (nSPS) is 16.5. The van der Waals surface area contributed by atoms with Crippen LogP contribution >= 0.6 is 11.3 Å². The Bertz CT molecular complexity index is 1320. The van der Waals surface area contributed by atoms with Crippen molar-refractivity contribution < 1.29 is 23.8 Å². The van der Waals surface area contributed by atoms with Gasteiger partial charge >= 0.3 is 5.97 Å². The van der Waals surface area contributed by atoms with E-state index >= 15 is 0 Å². The maximum atomic E-state index is 12.6. The van der Waals surface area contributed by atoms with Gasteiger partial charge in [-0.25, -0.2) is 4.98 Å². The third-order valence-corrected chi connectivity index (χ3v) is 7.45. The van der Waals surface area contributed by atoms with Gasteiger partial charge in [0.05, 0.1) is 18.4 Å². The number of nitrogens with zero attached hydrogens (tertiary/aromatic N) is 2. The summed E-state index contributed by atoms with van der Waals surface area (Å²) in [5, 5.41) is 0.695. The van der Waals surface area contributed by atoms with Gasteiger partial charge in [0.15, 0.2) is 24.2 Å². The summed E-state index contributed by atoms with van der Waals surface area (Å²) in [5.41, 5.74) is 0.985. The molecule has 2 aliphatic rings. The second-order valence-corrected chi connectivity index (χ2v) is 9.92. The molecule has 10 heteroatoms. The number of esters is 1. The van der Waals surface area contributed by atoms with Gasteiger partial charge in [-0.15, -0.1) is 11.3 Å². The maximum absolute atomic E-state index is 12.6. The number of fused-ring (bicyclic) bond motifs is 4. The molecule has 0 spiro atoms. The van der Waals surface area contributed by atoms with Gasteiger partial charge in [-0.1, -0.05) is 12.1 Å². The summed E-state index contributed by atoms with van der Waals surface area (Å²) in [6.07, 6.45) is 4.09. The Labute approximate surface area is 206 Å². The van der Waals surface area contributed by atoms with Gasteiger partial charge in [0.2, 0.25) is 0 Å². The molecule has 0 saturated carbocycles. The average Bonchev–Trinajstić information content (AvgIpc) is 3.25. The molecule has 1 aliphatic heterocycles. The van der Waals surface area contributed by atoms with Crippen LogP contribution in [0.25, 0.3) is 10.2 Å². The fraction of sp³-hybridized carbons (Fsp3) is 0.440. The molecule has 0 bridgehead atoms. The van der Waals surface area contributed by atoms with Gasteiger partial charge < -0.3 is 24.1 Å². The van der Waals surface area contributed by atoms with E-state index in [-0.39, 0.29) is 37.0 Å². The second-order valence-electron chi connectivity index (χ2n) is 8.84. The molecule has 5 rings (SSSR count). The van der Waals surface area contributed by atoms with Gasteiger partial charge in [0, 0.05) is 18.3 Å². The number of para-hydroxylation sites is 2. The third kappa shape index (κ3) is 5.17. The number of benzene rings is 1. The highest BCUT2D eigenvalue weighted by atomic mass is 32.1. The molecule has 1 aliphatic carbocycles. The van der Waals surface area contributed by atoms with Crippen LogP contribution in [0.2, 0.25) is 0 Å². The fourth-order valence-corrected chi connectivity index (χ4v) is 5.71. The van der Waals surface area contributed by atoms with Crippen LogP contribution in [0.4, 0.5) is 0 Å². The molecular weight excluding hydrogens is 470 g/mol. The van der Waals surface area contributed by atoms with Crippen LogP contribution in [0, 0.1) is 0 Å². The zero-order chi connectivity index (χ0) is 24.4. The van der Waals surface area contributed by atoms with Gasteiger partial charge in [0.25, 0.3) is 11.5 Å². The number of carbonyl (C=O) groups excluding carboxylic acids is 2. The molecule has 35 heavy (non-hydrogen) atoms. The van der Waals surface area contributed by atoms with E-state index in [0.29, 0.717) is 35.9 Å². The number of hydrogen-bond acceptors (Lipinski definition) is 8. The Morgan fingerprint density at radius 1 is 1.23 bits per heavy atom. The molecule has 184 valence electrons. The summed E-state index contributed by atoms with van der Waals surface area (Å²) in [6, 6.07) is 7.37. The molecule has 0 saturated heterocycles. The van der Waals surface area contributed by atoms with Gasteiger partial charge in [-0.05, 0) is 43.4 Å². The van der Waals surface area contributed by atoms with Crippen LogP contribution in [0.1, 0.15) is 35.5 Å². The molecule has 0 fully saturated rings. The number of H-pyrrole nitrogens is 1. The standard InChI is InChI=1S/C25H27N3O6S/c1-28(12-15-13-32-17-7-3-4-8-18(17)34-15)21(29)14-33-22(30)11-10-20-26-24(31)23-16-6-2-5-9-19(16)35-25(23)27-20/h3-4,7-8,15H,2,5-6,9-14H2,1H3,(H,26,27,31). The Hall–Kier alpha value is -3.40. The fourth-order valence-electron chi connectivity index (χ4n) is 4.43. The zero-order valence-electron chi connectivity index (χ0n) is 19.5. The quantitative estimate of drug-likeness (QED) is 0.500. The van der Waals surface area contributed by atoms with Crippen molar-refractivity contribution in [1.82, 2.24) is 14.9 Å². The van der Waals surface area contributed by atoms with E-state index in [1.807, 2.05) is 24.3 Å². The Morgan fingerprint density at radius 2 is 2.03 bits per heavy atom. The minimum absolute atomic E-state index is 0.0207. The number of rotatable bonds is 7. The lowest BCUT2D eigenvalue weighted by Crippen LogP contribution is -2.43. The first kappa shape index (κ1) is 23.3. The SMILES string of the molecule is CN(CC1COc2ccccc2O1)C(=O)COC(=O)CCc1nc2sc3c(c2c(=O)[nH]1)CCCC3. The molecule has 1 atom stereocenters. The lowest BCUT2D eigenvalue weighted by Gasteiger charge is -2.29. The molecule has 9 nitrogen and oxygen atoms in total. The number of amides is 1. The second kappa shape index (κ2) is 10.1. The first-order valence-corrected chi connectivity index (χ1v) is 12.6. The predicted octanol–water partition coefficient (Wildman–Crippen LogP) is 2.64. The average molecular weight is 498 g/mol. The van der Waals surface area contributed by atoms with Crippen LogP contribution in [0.15, 0.2) is 29.1 Å². The first-order valence-electron chi connectivity index (χ1n) is 11.8. The molecule has 1 N–H and O–H groups in total. The van der Waals surface area contributed by atoms with Crippen LogP contribution in [0.3, 0.4) is 0 Å². The van der Waals surface area contributed by atoms with Crippen molar-refractivity contribution in [2.75, 3.05) is 26.8 Å². The minimum atomic E-state index is -0.522. The van der Waals surface area contributed by atoms with Crippen molar-refractivity contribution >= 4 is 33.4 Å². The number of nitrogens with one attached hydrogen (secondary N) is 1. The van der Waals surface area contributed by atoms with Crippen LogP contribution in [0.5, 0.6) is 11.5 Å². The maximum Gasteiger partial charge on any atom is 0.306 e. The van der Waals surface area contributed by atoms with Crippen molar-refractivity contribution in [3.05, 3.63) is 50.9 Å². The van der Waals surface area contributed by atoms with Gasteiger partial charge in [-0.2, -0.15) is 0 Å². The summed E-state index contributed by atoms with van der Waals surface area (Å²) in [7, 11) is 1.63. The summed E-state index contributed by atoms with van der Waals surface area (Å²) in [4.78, 5) is 48.1. The Kier molecular flexibility index (Phi) is 6.72. The minimum Gasteiger partial charge on any atom is -0.486 e. The summed E-state index contributed by atoms with van der Waals surface area (Å²) in [6.45, 7) is 0.276. The van der Waals surface area contributed by atoms with Crippen LogP contribution in [-0.4, -0.2) is 59.7 Å². The Morgan fingerprint density at radius 3 is 2.89 bits per heavy atom. The predicted molar refractivity (Wildman–Crippen MR) is 130 cm³/mol. The number of thiophene rings is 1. The van der Waals surface area contributed by atoms with Crippen molar-refractivity contribution in [2.45, 2.75) is 44.6 Å². The van der Waals surface area contributed by atoms with E-state index in [1.165, 1.54) is 9.78 Å². The highest BCUT2D eigenvalue weighted by molar-refractivity contribution is 7.18. The summed E-state index contributed by atoms with van der Waals surface area (Å²) < 4.78 is 16.7. The van der Waals surface area contributed by atoms with E-state index < -0.39 is 5.97 Å². The number of carbonyl (C=O) groups is 2. The van der Waals surface area contributed by atoms with Gasteiger partial charge in [-0.3, -0.25) is 14.4 Å². The van der Waals surface area contributed by atoms with E-state index in [2.05, 4.69) is 9.97 Å². The molecule has 2 aromatic heterocycles. The molecule has 1 amide bonds. The van der Waals surface area contributed by atoms with Crippen molar-refractivity contribution in [3.8, 4) is 11.5 Å². The van der Waals surface area contributed by atoms with E-state index in [0.717, 1.165) is 36.1 Å². The largest absolute Gasteiger partial charge is 0.486 e. The smallest absolute Gasteiger partial charge is 0.306 e. The molecule has 1 aromatic carbocycles. The van der Waals surface area contributed by atoms with E-state index in [1.54, 1.807) is 18.4 Å². The third-order valence-electron chi connectivity index (χ3n) is 6.27. The molecule has 0 radical (unpaired) electrons. The number of ether oxygens (including phenoxy) is 3. The van der Waals surface area contributed by atoms with Crippen molar-refractivity contribution in [2.24, 2.45) is 0 Å². The summed E-state index contributed by atoms with van der Waals surface area (Å²) in [5.74, 6) is 0.921. The molecule has 3 aromatic rings. The van der Waals surface area contributed by atoms with Crippen LogP contribution < -0.4 is 15.0 Å². The highest BCUT2D eigenvalue weighted by Crippen LogP contribution is 2.33. The van der Waals surface area contributed by atoms with E-state index in [4.69, 9.17) is 14.2 Å². The number of aromatic amines is 1. The first-order chi connectivity index (χ1) is 17.0. The monoisotopic (exact) mass is 497 g/mol. The van der Waals surface area contributed by atoms with E-state index in [9.17, 15) is 14.4 Å². The number of hydrogen-bond donors (Lipinski definition) is 1. The molecule has 3 heterocycles. The highest BCUT2D eigenvalue weighted by Gasteiger charge is 2.24. The molecular formula is C25H27N3O6S. The summed E-state index contributed by atoms with van der Waals surface area (Å²) >= 11 is 1.57. The molecule has 1 unspecified atom stereocenters.